The molecule has 7 nitrogen and oxygen atoms in total. The topological polar surface area (TPSA) is 81.8 Å². The molecular formula is C16H19N5O2S. The van der Waals surface area contributed by atoms with E-state index >= 15 is 0 Å². The number of hydrogen-bond acceptors (Lipinski definition) is 4. The van der Waals surface area contributed by atoms with Crippen molar-refractivity contribution in [3.05, 3.63) is 55.2 Å². The van der Waals surface area contributed by atoms with Gasteiger partial charge in [-0.1, -0.05) is 30.3 Å². The Kier molecular flexibility index (Phi) is 4.77. The summed E-state index contributed by atoms with van der Waals surface area (Å²) in [5, 5.41) is 4.00. The van der Waals surface area contributed by atoms with Gasteiger partial charge in [0.1, 0.15) is 4.90 Å². The molecule has 0 radical (unpaired) electrons. The van der Waals surface area contributed by atoms with Crippen LogP contribution in [0.25, 0.3) is 11.3 Å². The first kappa shape index (κ1) is 16.4. The SMILES string of the molecule is CCn1cc(S(=O)(=O)NCCn2cncc2-c2ccccc2)cn1. The standard InChI is InChI=1S/C16H19N5O2S/c1-2-21-12-15(10-18-21)24(22,23)19-8-9-20-13-17-11-16(20)14-6-4-3-5-7-14/h3-7,10-13,19H,2,8-9H2,1H3. The predicted molar refractivity (Wildman–Crippen MR) is 90.8 cm³/mol. The lowest BCUT2D eigenvalue weighted by atomic mass is 10.2. The minimum Gasteiger partial charge on any atom is -0.329 e. The molecule has 0 atom stereocenters. The second-order valence-corrected chi connectivity index (χ2v) is 7.03. The molecule has 3 rings (SSSR count). The van der Waals surface area contributed by atoms with E-state index in [9.17, 15) is 8.42 Å². The summed E-state index contributed by atoms with van der Waals surface area (Å²) >= 11 is 0. The third-order valence-electron chi connectivity index (χ3n) is 3.67. The number of hydrogen-bond donors (Lipinski definition) is 1. The number of aromatic nitrogens is 4. The van der Waals surface area contributed by atoms with Crippen LogP contribution >= 0.6 is 0 Å². The molecular weight excluding hydrogens is 326 g/mol. The smallest absolute Gasteiger partial charge is 0.243 e. The van der Waals surface area contributed by atoms with Crippen molar-refractivity contribution < 1.29 is 8.42 Å². The first-order chi connectivity index (χ1) is 11.6. The molecule has 0 spiro atoms. The third kappa shape index (κ3) is 3.55. The lowest BCUT2D eigenvalue weighted by Crippen LogP contribution is -2.27. The Labute approximate surface area is 141 Å². The quantitative estimate of drug-likeness (QED) is 0.707. The van der Waals surface area contributed by atoms with Crippen LogP contribution in [0.15, 0.2) is 60.1 Å². The molecule has 3 aromatic rings. The summed E-state index contributed by atoms with van der Waals surface area (Å²) in [6.07, 6.45) is 6.36. The van der Waals surface area contributed by atoms with E-state index in [1.807, 2.05) is 41.8 Å². The highest BCUT2D eigenvalue weighted by Gasteiger charge is 2.16. The van der Waals surface area contributed by atoms with Gasteiger partial charge in [0, 0.05) is 25.8 Å². The second kappa shape index (κ2) is 6.98. The zero-order chi connectivity index (χ0) is 17.0. The third-order valence-corrected chi connectivity index (χ3v) is 5.09. The molecule has 0 bridgehead atoms. The van der Waals surface area contributed by atoms with Gasteiger partial charge >= 0.3 is 0 Å². The van der Waals surface area contributed by atoms with E-state index in [4.69, 9.17) is 0 Å². The Morgan fingerprint density at radius 1 is 1.17 bits per heavy atom. The van der Waals surface area contributed by atoms with Gasteiger partial charge in [0.25, 0.3) is 0 Å². The second-order valence-electron chi connectivity index (χ2n) is 5.27. The van der Waals surface area contributed by atoms with Crippen molar-refractivity contribution in [1.29, 1.82) is 0 Å². The molecule has 0 aliphatic heterocycles. The molecule has 0 saturated heterocycles. The number of nitrogens with one attached hydrogen (secondary N) is 1. The maximum absolute atomic E-state index is 12.3. The van der Waals surface area contributed by atoms with Gasteiger partial charge in [-0.3, -0.25) is 4.68 Å². The summed E-state index contributed by atoms with van der Waals surface area (Å²) < 4.78 is 30.6. The number of sulfonamides is 1. The molecule has 0 saturated carbocycles. The Bertz CT molecular complexity index is 899. The molecule has 0 fully saturated rings. The summed E-state index contributed by atoms with van der Waals surface area (Å²) in [6, 6.07) is 9.87. The maximum Gasteiger partial charge on any atom is 0.243 e. The van der Waals surface area contributed by atoms with Crippen LogP contribution in [0.5, 0.6) is 0 Å². The lowest BCUT2D eigenvalue weighted by molar-refractivity contribution is 0.573. The van der Waals surface area contributed by atoms with Crippen molar-refractivity contribution in [3.8, 4) is 11.3 Å². The van der Waals surface area contributed by atoms with E-state index in [-0.39, 0.29) is 11.4 Å². The first-order valence-electron chi connectivity index (χ1n) is 7.68. The van der Waals surface area contributed by atoms with Crippen LogP contribution in [0, 0.1) is 0 Å². The normalized spacial score (nSPS) is 11.7. The fourth-order valence-corrected chi connectivity index (χ4v) is 3.36. The summed E-state index contributed by atoms with van der Waals surface area (Å²) in [5.74, 6) is 0. The minimum absolute atomic E-state index is 0.179. The van der Waals surface area contributed by atoms with E-state index in [0.29, 0.717) is 13.1 Å². The molecule has 2 aromatic heterocycles. The summed E-state index contributed by atoms with van der Waals surface area (Å²) in [7, 11) is -3.55. The lowest BCUT2D eigenvalue weighted by Gasteiger charge is -2.09. The van der Waals surface area contributed by atoms with Gasteiger partial charge in [-0.05, 0) is 12.5 Å². The summed E-state index contributed by atoms with van der Waals surface area (Å²) in [5.41, 5.74) is 2.00. The fourth-order valence-electron chi connectivity index (χ4n) is 2.39. The average Bonchev–Trinajstić information content (AvgIpc) is 3.25. The van der Waals surface area contributed by atoms with Crippen molar-refractivity contribution in [2.75, 3.05) is 6.54 Å². The molecule has 0 aliphatic carbocycles. The molecule has 0 amide bonds. The largest absolute Gasteiger partial charge is 0.329 e. The predicted octanol–water partition coefficient (Wildman–Crippen LogP) is 1.74. The van der Waals surface area contributed by atoms with Gasteiger partial charge in [-0.2, -0.15) is 5.10 Å². The minimum atomic E-state index is -3.55. The fraction of sp³-hybridized carbons (Fsp3) is 0.250. The number of benzene rings is 1. The maximum atomic E-state index is 12.3. The van der Waals surface area contributed by atoms with Crippen molar-refractivity contribution >= 4 is 10.0 Å². The van der Waals surface area contributed by atoms with Crippen molar-refractivity contribution in [1.82, 2.24) is 24.1 Å². The molecule has 2 heterocycles. The Morgan fingerprint density at radius 2 is 1.96 bits per heavy atom. The van der Waals surface area contributed by atoms with E-state index in [1.54, 1.807) is 17.2 Å². The van der Waals surface area contributed by atoms with Gasteiger partial charge in [-0.25, -0.2) is 18.1 Å². The number of rotatable bonds is 7. The molecule has 126 valence electrons. The van der Waals surface area contributed by atoms with Crippen LogP contribution in [0.3, 0.4) is 0 Å². The first-order valence-corrected chi connectivity index (χ1v) is 9.16. The average molecular weight is 345 g/mol. The number of nitrogens with zero attached hydrogens (tertiary/aromatic N) is 4. The van der Waals surface area contributed by atoms with Crippen LogP contribution < -0.4 is 4.72 Å². The van der Waals surface area contributed by atoms with Crippen LogP contribution in [0.1, 0.15) is 6.92 Å². The van der Waals surface area contributed by atoms with E-state index in [1.165, 1.54) is 12.4 Å². The van der Waals surface area contributed by atoms with E-state index in [0.717, 1.165) is 11.3 Å². The Morgan fingerprint density at radius 3 is 2.67 bits per heavy atom. The molecule has 0 unspecified atom stereocenters. The van der Waals surface area contributed by atoms with Gasteiger partial charge in [-0.15, -0.1) is 0 Å². The highest BCUT2D eigenvalue weighted by atomic mass is 32.2. The molecule has 8 heteroatoms. The number of imidazole rings is 1. The van der Waals surface area contributed by atoms with E-state index < -0.39 is 10.0 Å². The van der Waals surface area contributed by atoms with Crippen molar-refractivity contribution in [2.45, 2.75) is 24.9 Å². The van der Waals surface area contributed by atoms with Crippen LogP contribution in [-0.4, -0.2) is 34.3 Å². The Hall–Kier alpha value is -2.45. The molecule has 0 aliphatic rings. The van der Waals surface area contributed by atoms with Crippen LogP contribution in [0.4, 0.5) is 0 Å². The molecule has 1 aromatic carbocycles. The zero-order valence-corrected chi connectivity index (χ0v) is 14.1. The zero-order valence-electron chi connectivity index (χ0n) is 13.3. The molecule has 24 heavy (non-hydrogen) atoms. The van der Waals surface area contributed by atoms with Gasteiger partial charge < -0.3 is 4.57 Å². The summed E-state index contributed by atoms with van der Waals surface area (Å²) in [6.45, 7) is 3.30. The highest BCUT2D eigenvalue weighted by Crippen LogP contribution is 2.18. The van der Waals surface area contributed by atoms with Gasteiger partial charge in [0.05, 0.1) is 24.4 Å². The van der Waals surface area contributed by atoms with Crippen LogP contribution in [0.2, 0.25) is 0 Å². The van der Waals surface area contributed by atoms with Crippen molar-refractivity contribution in [2.24, 2.45) is 0 Å². The number of aryl methyl sites for hydroxylation is 1. The summed E-state index contributed by atoms with van der Waals surface area (Å²) in [4.78, 5) is 4.34. The van der Waals surface area contributed by atoms with Crippen LogP contribution in [-0.2, 0) is 23.1 Å². The van der Waals surface area contributed by atoms with Gasteiger partial charge in [0.2, 0.25) is 10.0 Å². The monoisotopic (exact) mass is 345 g/mol. The Balaban J connectivity index is 1.66. The van der Waals surface area contributed by atoms with Gasteiger partial charge in [0.15, 0.2) is 0 Å². The molecule has 1 N–H and O–H groups in total. The van der Waals surface area contributed by atoms with E-state index in [2.05, 4.69) is 14.8 Å². The highest BCUT2D eigenvalue weighted by molar-refractivity contribution is 7.89. The van der Waals surface area contributed by atoms with Crippen molar-refractivity contribution in [3.63, 3.8) is 0 Å².